The molecule has 0 saturated heterocycles. The molecule has 0 saturated carbocycles. The number of carbonyl (C=O) groups excluding carboxylic acids is 1. The van der Waals surface area contributed by atoms with E-state index >= 15 is 0 Å². The largest absolute Gasteiger partial charge is 0.294 e. The predicted octanol–water partition coefficient (Wildman–Crippen LogP) is 4.16. The first-order chi connectivity index (χ1) is 8.56. The average molecular weight is 354 g/mol. The number of ketones is 1. The Balaban J connectivity index is 2.21. The van der Waals surface area contributed by atoms with Crippen LogP contribution < -0.4 is 0 Å². The van der Waals surface area contributed by atoms with Crippen LogP contribution in [0.25, 0.3) is 0 Å². The second-order valence-corrected chi connectivity index (χ2v) is 5.43. The minimum atomic E-state index is -0.369. The van der Waals surface area contributed by atoms with E-state index in [2.05, 4.69) is 22.6 Å². The lowest BCUT2D eigenvalue weighted by molar-refractivity contribution is 0.0992. The number of benzene rings is 2. The molecule has 0 radical (unpaired) electrons. The lowest BCUT2D eigenvalue weighted by atomic mass is 9.99. The van der Waals surface area contributed by atoms with Gasteiger partial charge in [0.25, 0.3) is 0 Å². The summed E-state index contributed by atoms with van der Waals surface area (Å²) in [6.45, 7) is 1.82. The molecule has 0 aliphatic carbocycles. The highest BCUT2D eigenvalue weighted by Crippen LogP contribution is 2.14. The molecule has 0 unspecified atom stereocenters. The zero-order valence-electron chi connectivity index (χ0n) is 9.91. The van der Waals surface area contributed by atoms with Crippen LogP contribution in [0.5, 0.6) is 0 Å². The van der Waals surface area contributed by atoms with Crippen LogP contribution in [0.4, 0.5) is 4.39 Å². The number of rotatable bonds is 3. The topological polar surface area (TPSA) is 17.1 Å². The molecule has 0 heterocycles. The SMILES string of the molecule is Cc1ccc(F)cc1C(=O)Cc1ccc(I)cc1. The van der Waals surface area contributed by atoms with E-state index in [1.54, 1.807) is 6.07 Å². The fraction of sp³-hybridized carbons (Fsp3) is 0.133. The Morgan fingerprint density at radius 3 is 2.50 bits per heavy atom. The van der Waals surface area contributed by atoms with Crippen molar-refractivity contribution in [2.75, 3.05) is 0 Å². The van der Waals surface area contributed by atoms with E-state index in [0.29, 0.717) is 12.0 Å². The van der Waals surface area contributed by atoms with E-state index in [1.165, 1.54) is 12.1 Å². The Kier molecular flexibility index (Phi) is 4.11. The standard InChI is InChI=1S/C15H12FIO/c1-10-2-5-12(16)9-14(10)15(18)8-11-3-6-13(17)7-4-11/h2-7,9H,8H2,1H3. The van der Waals surface area contributed by atoms with Gasteiger partial charge < -0.3 is 0 Å². The normalized spacial score (nSPS) is 10.4. The van der Waals surface area contributed by atoms with Crippen molar-refractivity contribution in [2.24, 2.45) is 0 Å². The molecule has 1 nitrogen and oxygen atoms in total. The van der Waals surface area contributed by atoms with E-state index in [4.69, 9.17) is 0 Å². The van der Waals surface area contributed by atoms with E-state index in [9.17, 15) is 9.18 Å². The molecular formula is C15H12FIO. The maximum Gasteiger partial charge on any atom is 0.167 e. The lowest BCUT2D eigenvalue weighted by Crippen LogP contribution is -2.06. The molecule has 2 aromatic rings. The third-order valence-corrected chi connectivity index (χ3v) is 3.50. The molecular weight excluding hydrogens is 342 g/mol. The third-order valence-electron chi connectivity index (χ3n) is 2.78. The van der Waals surface area contributed by atoms with Crippen molar-refractivity contribution in [3.8, 4) is 0 Å². The van der Waals surface area contributed by atoms with Crippen molar-refractivity contribution in [3.05, 3.63) is 68.5 Å². The maximum atomic E-state index is 13.1. The van der Waals surface area contributed by atoms with Crippen molar-refractivity contribution in [1.29, 1.82) is 0 Å². The van der Waals surface area contributed by atoms with Gasteiger partial charge in [-0.3, -0.25) is 4.79 Å². The molecule has 0 aliphatic heterocycles. The monoisotopic (exact) mass is 354 g/mol. The summed E-state index contributed by atoms with van der Waals surface area (Å²) in [7, 11) is 0. The van der Waals surface area contributed by atoms with Crippen LogP contribution in [0.1, 0.15) is 21.5 Å². The van der Waals surface area contributed by atoms with E-state index in [1.807, 2.05) is 31.2 Å². The zero-order valence-corrected chi connectivity index (χ0v) is 12.1. The molecule has 0 fully saturated rings. The van der Waals surface area contributed by atoms with Gasteiger partial charge in [-0.15, -0.1) is 0 Å². The summed E-state index contributed by atoms with van der Waals surface area (Å²) in [6, 6.07) is 12.1. The van der Waals surface area contributed by atoms with E-state index < -0.39 is 0 Å². The summed E-state index contributed by atoms with van der Waals surface area (Å²) in [4.78, 5) is 12.1. The van der Waals surface area contributed by atoms with Crippen molar-refractivity contribution in [1.82, 2.24) is 0 Å². The second-order valence-electron chi connectivity index (χ2n) is 4.19. The van der Waals surface area contributed by atoms with Crippen molar-refractivity contribution in [2.45, 2.75) is 13.3 Å². The molecule has 92 valence electrons. The summed E-state index contributed by atoms with van der Waals surface area (Å²) in [5.74, 6) is -0.417. The Labute approximate surface area is 119 Å². The van der Waals surface area contributed by atoms with Crippen molar-refractivity contribution >= 4 is 28.4 Å². The number of carbonyl (C=O) groups is 1. The molecule has 0 amide bonds. The highest BCUT2D eigenvalue weighted by atomic mass is 127. The van der Waals surface area contributed by atoms with Gasteiger partial charge in [0.15, 0.2) is 5.78 Å². The Hall–Kier alpha value is -1.23. The summed E-state index contributed by atoms with van der Waals surface area (Å²) in [5, 5.41) is 0. The summed E-state index contributed by atoms with van der Waals surface area (Å²) in [6.07, 6.45) is 0.307. The summed E-state index contributed by atoms with van der Waals surface area (Å²) < 4.78 is 14.3. The van der Waals surface area contributed by atoms with Crippen LogP contribution in [0, 0.1) is 16.3 Å². The van der Waals surface area contributed by atoms with Gasteiger partial charge in [0.1, 0.15) is 5.82 Å². The van der Waals surface area contributed by atoms with Gasteiger partial charge in [0, 0.05) is 15.6 Å². The van der Waals surface area contributed by atoms with Crippen LogP contribution in [-0.2, 0) is 6.42 Å². The average Bonchev–Trinajstić information content (AvgIpc) is 2.35. The molecule has 2 rings (SSSR count). The van der Waals surface area contributed by atoms with E-state index in [0.717, 1.165) is 14.7 Å². The zero-order chi connectivity index (χ0) is 13.1. The molecule has 2 aromatic carbocycles. The molecule has 0 aliphatic rings. The van der Waals surface area contributed by atoms with E-state index in [-0.39, 0.29) is 11.6 Å². The number of aryl methyl sites for hydroxylation is 1. The Morgan fingerprint density at radius 2 is 1.83 bits per heavy atom. The van der Waals surface area contributed by atoms with Crippen LogP contribution in [0.2, 0.25) is 0 Å². The fourth-order valence-electron chi connectivity index (χ4n) is 1.78. The smallest absolute Gasteiger partial charge is 0.167 e. The third kappa shape index (κ3) is 3.16. The van der Waals surface area contributed by atoms with Crippen LogP contribution in [0.15, 0.2) is 42.5 Å². The number of hydrogen-bond donors (Lipinski definition) is 0. The molecule has 0 aromatic heterocycles. The van der Waals surface area contributed by atoms with Crippen LogP contribution >= 0.6 is 22.6 Å². The molecule has 0 atom stereocenters. The number of Topliss-reactive ketones (excluding diaryl/α,β-unsaturated/α-hetero) is 1. The van der Waals surface area contributed by atoms with Gasteiger partial charge >= 0.3 is 0 Å². The van der Waals surface area contributed by atoms with Crippen molar-refractivity contribution in [3.63, 3.8) is 0 Å². The van der Waals surface area contributed by atoms with Gasteiger partial charge in [0.2, 0.25) is 0 Å². The van der Waals surface area contributed by atoms with Crippen LogP contribution in [0.3, 0.4) is 0 Å². The first-order valence-corrected chi connectivity index (χ1v) is 6.68. The first-order valence-electron chi connectivity index (χ1n) is 5.60. The highest BCUT2D eigenvalue weighted by molar-refractivity contribution is 14.1. The van der Waals surface area contributed by atoms with Gasteiger partial charge in [-0.1, -0.05) is 18.2 Å². The lowest BCUT2D eigenvalue weighted by Gasteiger charge is -2.05. The molecule has 3 heteroatoms. The first kappa shape index (κ1) is 13.2. The Morgan fingerprint density at radius 1 is 1.17 bits per heavy atom. The van der Waals surface area contributed by atoms with Crippen molar-refractivity contribution < 1.29 is 9.18 Å². The van der Waals surface area contributed by atoms with Gasteiger partial charge in [-0.05, 0) is 64.9 Å². The van der Waals surface area contributed by atoms with Gasteiger partial charge in [-0.2, -0.15) is 0 Å². The highest BCUT2D eigenvalue weighted by Gasteiger charge is 2.10. The van der Waals surface area contributed by atoms with Gasteiger partial charge in [-0.25, -0.2) is 4.39 Å². The minimum Gasteiger partial charge on any atom is -0.294 e. The predicted molar refractivity (Wildman–Crippen MR) is 78.3 cm³/mol. The Bertz CT molecular complexity index is 576. The second kappa shape index (κ2) is 5.61. The summed E-state index contributed by atoms with van der Waals surface area (Å²) in [5.41, 5.74) is 2.23. The quantitative estimate of drug-likeness (QED) is 0.598. The molecule has 0 N–H and O–H groups in total. The fourth-order valence-corrected chi connectivity index (χ4v) is 2.14. The molecule has 18 heavy (non-hydrogen) atoms. The van der Waals surface area contributed by atoms with Crippen LogP contribution in [-0.4, -0.2) is 5.78 Å². The number of hydrogen-bond acceptors (Lipinski definition) is 1. The minimum absolute atomic E-state index is 0.0480. The maximum absolute atomic E-state index is 13.1. The molecule has 0 spiro atoms. The summed E-state index contributed by atoms with van der Waals surface area (Å²) >= 11 is 2.22. The number of halogens is 2. The van der Waals surface area contributed by atoms with Gasteiger partial charge in [0.05, 0.1) is 0 Å². The molecule has 0 bridgehead atoms.